The maximum atomic E-state index is 12.5. The van der Waals surface area contributed by atoms with Crippen molar-refractivity contribution >= 4 is 16.9 Å². The minimum absolute atomic E-state index is 0.161. The summed E-state index contributed by atoms with van der Waals surface area (Å²) in [5.74, 6) is 1.86. The van der Waals surface area contributed by atoms with Crippen molar-refractivity contribution in [1.29, 1.82) is 0 Å². The van der Waals surface area contributed by atoms with E-state index in [1.807, 2.05) is 31.2 Å². The van der Waals surface area contributed by atoms with Crippen molar-refractivity contribution in [3.8, 4) is 11.5 Å². The molecule has 0 aliphatic carbocycles. The molecule has 0 bridgehead atoms. The third-order valence-corrected chi connectivity index (χ3v) is 4.25. The van der Waals surface area contributed by atoms with Crippen LogP contribution >= 0.6 is 0 Å². The van der Waals surface area contributed by atoms with E-state index in [4.69, 9.17) is 9.47 Å². The summed E-state index contributed by atoms with van der Waals surface area (Å²) in [4.78, 5) is 17.0. The van der Waals surface area contributed by atoms with Gasteiger partial charge < -0.3 is 19.4 Å². The number of carbonyl (C=O) groups excluding carboxylic acids is 1. The molecule has 1 aromatic heterocycles. The number of benzene rings is 2. The van der Waals surface area contributed by atoms with Gasteiger partial charge in [-0.25, -0.2) is 4.98 Å². The molecule has 0 saturated heterocycles. The van der Waals surface area contributed by atoms with Gasteiger partial charge in [-0.3, -0.25) is 4.79 Å². The van der Waals surface area contributed by atoms with Crippen LogP contribution in [0.2, 0.25) is 0 Å². The van der Waals surface area contributed by atoms with Gasteiger partial charge in [-0.05, 0) is 37.3 Å². The fourth-order valence-electron chi connectivity index (χ4n) is 2.94. The van der Waals surface area contributed by atoms with Crippen LogP contribution in [0.5, 0.6) is 11.5 Å². The topological polar surface area (TPSA) is 65.4 Å². The van der Waals surface area contributed by atoms with Crippen molar-refractivity contribution in [2.24, 2.45) is 0 Å². The summed E-state index contributed by atoms with van der Waals surface area (Å²) < 4.78 is 12.9. The van der Waals surface area contributed by atoms with Crippen LogP contribution in [0.15, 0.2) is 55.1 Å². The largest absolute Gasteiger partial charge is 0.493 e. The van der Waals surface area contributed by atoms with Gasteiger partial charge in [0.1, 0.15) is 12.4 Å². The van der Waals surface area contributed by atoms with E-state index in [1.165, 1.54) is 0 Å². The third-order valence-electron chi connectivity index (χ3n) is 4.25. The normalized spacial score (nSPS) is 10.6. The van der Waals surface area contributed by atoms with Gasteiger partial charge in [0, 0.05) is 18.7 Å². The Hall–Kier alpha value is -3.28. The molecule has 6 nitrogen and oxygen atoms in total. The Bertz CT molecular complexity index is 962. The maximum Gasteiger partial charge on any atom is 0.251 e. The number of ether oxygens (including phenoxy) is 2. The highest BCUT2D eigenvalue weighted by Crippen LogP contribution is 2.28. The number of fused-ring (bicyclic) bond motifs is 1. The van der Waals surface area contributed by atoms with Crippen LogP contribution in [0.3, 0.4) is 0 Å². The summed E-state index contributed by atoms with van der Waals surface area (Å²) in [5, 5.41) is 2.94. The predicted molar refractivity (Wildman–Crippen MR) is 105 cm³/mol. The van der Waals surface area contributed by atoms with E-state index in [0.29, 0.717) is 36.8 Å². The van der Waals surface area contributed by atoms with Crippen molar-refractivity contribution in [1.82, 2.24) is 14.9 Å². The summed E-state index contributed by atoms with van der Waals surface area (Å²) >= 11 is 0. The second-order valence-electron chi connectivity index (χ2n) is 6.02. The summed E-state index contributed by atoms with van der Waals surface area (Å²) in [6.45, 7) is 7.11. The van der Waals surface area contributed by atoms with Crippen molar-refractivity contribution in [3.63, 3.8) is 0 Å². The Morgan fingerprint density at radius 1 is 1.26 bits per heavy atom. The summed E-state index contributed by atoms with van der Waals surface area (Å²) in [7, 11) is 1.55. The first-order valence-electron chi connectivity index (χ1n) is 8.76. The maximum absolute atomic E-state index is 12.5. The highest BCUT2D eigenvalue weighted by atomic mass is 16.5. The van der Waals surface area contributed by atoms with E-state index in [0.717, 1.165) is 16.9 Å². The molecule has 1 amide bonds. The Kier molecular flexibility index (Phi) is 5.76. The molecule has 140 valence electrons. The van der Waals surface area contributed by atoms with Gasteiger partial charge >= 0.3 is 0 Å². The van der Waals surface area contributed by atoms with Gasteiger partial charge in [-0.2, -0.15) is 0 Å². The summed E-state index contributed by atoms with van der Waals surface area (Å²) in [5.41, 5.74) is 2.54. The number of aryl methyl sites for hydroxylation is 1. The molecule has 3 rings (SSSR count). The first kappa shape index (κ1) is 18.5. The van der Waals surface area contributed by atoms with Crippen LogP contribution < -0.4 is 14.8 Å². The average molecular weight is 365 g/mol. The van der Waals surface area contributed by atoms with E-state index in [2.05, 4.69) is 21.4 Å². The zero-order valence-electron chi connectivity index (χ0n) is 15.6. The van der Waals surface area contributed by atoms with E-state index in [9.17, 15) is 4.79 Å². The van der Waals surface area contributed by atoms with Gasteiger partial charge in [0.15, 0.2) is 11.5 Å². The number of hydrogen-bond acceptors (Lipinski definition) is 4. The minimum atomic E-state index is -0.161. The highest BCUT2D eigenvalue weighted by Gasteiger charge is 2.12. The summed E-state index contributed by atoms with van der Waals surface area (Å²) in [6, 6.07) is 13.1. The second-order valence-corrected chi connectivity index (χ2v) is 6.02. The number of nitrogens with one attached hydrogen (secondary N) is 1. The molecule has 0 fully saturated rings. The van der Waals surface area contributed by atoms with Crippen LogP contribution in [0.1, 0.15) is 16.2 Å². The number of aromatic nitrogens is 2. The fraction of sp³-hybridized carbons (Fsp3) is 0.238. The van der Waals surface area contributed by atoms with Crippen LogP contribution in [-0.4, -0.2) is 35.7 Å². The standard InChI is InChI=1S/C21H23N3O3/c1-4-13-27-19-10-9-16(14-20(19)26-3)21(25)22-11-12-24-15(2)23-17-7-5-6-8-18(17)24/h4-10,14H,1,11-13H2,2-3H3,(H,22,25). The molecule has 3 aromatic rings. The lowest BCUT2D eigenvalue weighted by Crippen LogP contribution is -2.27. The number of rotatable bonds is 8. The lowest BCUT2D eigenvalue weighted by Gasteiger charge is -2.12. The monoisotopic (exact) mass is 365 g/mol. The molecule has 0 saturated carbocycles. The first-order valence-corrected chi connectivity index (χ1v) is 8.76. The van der Waals surface area contributed by atoms with Gasteiger partial charge in [-0.1, -0.05) is 24.8 Å². The number of imidazole rings is 1. The molecule has 0 aliphatic rings. The van der Waals surface area contributed by atoms with Gasteiger partial charge in [0.05, 0.1) is 18.1 Å². The van der Waals surface area contributed by atoms with Crippen LogP contribution in [0.4, 0.5) is 0 Å². The van der Waals surface area contributed by atoms with Crippen molar-refractivity contribution in [2.75, 3.05) is 20.3 Å². The number of methoxy groups -OCH3 is 1. The zero-order valence-corrected chi connectivity index (χ0v) is 15.6. The first-order chi connectivity index (χ1) is 13.1. The molecule has 6 heteroatoms. The van der Waals surface area contributed by atoms with Gasteiger partial charge in [-0.15, -0.1) is 0 Å². The van der Waals surface area contributed by atoms with E-state index < -0.39 is 0 Å². The molecule has 0 atom stereocenters. The van der Waals surface area contributed by atoms with Crippen LogP contribution in [0.25, 0.3) is 11.0 Å². The number of hydrogen-bond donors (Lipinski definition) is 1. The Morgan fingerprint density at radius 2 is 2.07 bits per heavy atom. The van der Waals surface area contributed by atoms with E-state index in [-0.39, 0.29) is 5.91 Å². The number of carbonyl (C=O) groups is 1. The lowest BCUT2D eigenvalue weighted by molar-refractivity contribution is 0.0952. The Morgan fingerprint density at radius 3 is 2.85 bits per heavy atom. The fourth-order valence-corrected chi connectivity index (χ4v) is 2.94. The predicted octanol–water partition coefficient (Wildman–Crippen LogP) is 3.35. The molecule has 0 aliphatic heterocycles. The Labute approximate surface area is 158 Å². The molecule has 1 N–H and O–H groups in total. The molecule has 1 heterocycles. The average Bonchev–Trinajstić information content (AvgIpc) is 3.01. The molecule has 27 heavy (non-hydrogen) atoms. The number of amides is 1. The summed E-state index contributed by atoms with van der Waals surface area (Å²) in [6.07, 6.45) is 1.65. The third kappa shape index (κ3) is 4.11. The SMILES string of the molecule is C=CCOc1ccc(C(=O)NCCn2c(C)nc3ccccc32)cc1OC. The number of nitrogens with zero attached hydrogens (tertiary/aromatic N) is 2. The van der Waals surface area contributed by atoms with Crippen LogP contribution in [-0.2, 0) is 6.54 Å². The smallest absolute Gasteiger partial charge is 0.251 e. The molecule has 2 aromatic carbocycles. The van der Waals surface area contributed by atoms with Crippen molar-refractivity contribution in [3.05, 3.63) is 66.5 Å². The molecule has 0 radical (unpaired) electrons. The Balaban J connectivity index is 1.65. The quantitative estimate of drug-likeness (QED) is 0.622. The van der Waals surface area contributed by atoms with Gasteiger partial charge in [0.2, 0.25) is 0 Å². The zero-order chi connectivity index (χ0) is 19.2. The number of para-hydroxylation sites is 2. The van der Waals surface area contributed by atoms with E-state index in [1.54, 1.807) is 31.4 Å². The van der Waals surface area contributed by atoms with E-state index >= 15 is 0 Å². The molecule has 0 spiro atoms. The van der Waals surface area contributed by atoms with Crippen LogP contribution in [0, 0.1) is 6.92 Å². The second kappa shape index (κ2) is 8.40. The van der Waals surface area contributed by atoms with Crippen molar-refractivity contribution in [2.45, 2.75) is 13.5 Å². The molecular weight excluding hydrogens is 342 g/mol. The minimum Gasteiger partial charge on any atom is -0.493 e. The molecule has 0 unspecified atom stereocenters. The highest BCUT2D eigenvalue weighted by molar-refractivity contribution is 5.94. The lowest BCUT2D eigenvalue weighted by atomic mass is 10.2. The van der Waals surface area contributed by atoms with Gasteiger partial charge in [0.25, 0.3) is 5.91 Å². The molecular formula is C21H23N3O3. The van der Waals surface area contributed by atoms with Crippen molar-refractivity contribution < 1.29 is 14.3 Å².